The maximum Gasteiger partial charge on any atom is 0.295 e. The second kappa shape index (κ2) is 13.2. The number of ether oxygens (including phenoxy) is 3. The number of hydrogen-bond acceptors (Lipinski definition) is 6. The first-order chi connectivity index (χ1) is 20.5. The molecule has 1 aliphatic heterocycles. The van der Waals surface area contributed by atoms with Crippen molar-refractivity contribution in [2.24, 2.45) is 0 Å². The number of aryl methyl sites for hydroxylation is 1. The van der Waals surface area contributed by atoms with Gasteiger partial charge < -0.3 is 24.2 Å². The number of nitrogens with zero attached hydrogens (tertiary/aromatic N) is 1. The zero-order valence-corrected chi connectivity index (χ0v) is 23.7. The minimum Gasteiger partial charge on any atom is -0.507 e. The van der Waals surface area contributed by atoms with Gasteiger partial charge in [0.15, 0.2) is 0 Å². The highest BCUT2D eigenvalue weighted by Crippen LogP contribution is 2.41. The fourth-order valence-electron chi connectivity index (χ4n) is 5.01. The molecule has 1 N–H and O–H groups in total. The molecule has 7 nitrogen and oxygen atoms in total. The fourth-order valence-corrected chi connectivity index (χ4v) is 5.01. The van der Waals surface area contributed by atoms with Crippen molar-refractivity contribution in [3.63, 3.8) is 0 Å². The largest absolute Gasteiger partial charge is 0.507 e. The summed E-state index contributed by atoms with van der Waals surface area (Å²) in [6.45, 7) is 3.16. The van der Waals surface area contributed by atoms with Gasteiger partial charge in [0.05, 0.1) is 11.6 Å². The summed E-state index contributed by atoms with van der Waals surface area (Å²) in [5, 5.41) is 11.5. The van der Waals surface area contributed by atoms with Crippen LogP contribution in [0.5, 0.6) is 17.2 Å². The number of likely N-dealkylation sites (tertiary alicyclic amines) is 1. The van der Waals surface area contributed by atoms with Crippen molar-refractivity contribution in [3.8, 4) is 17.2 Å². The molecule has 0 bridgehead atoms. The van der Waals surface area contributed by atoms with E-state index < -0.39 is 17.7 Å². The van der Waals surface area contributed by atoms with Crippen molar-refractivity contribution < 1.29 is 28.9 Å². The molecule has 0 spiro atoms. The monoisotopic (exact) mass is 563 g/mol. The molecule has 0 aliphatic carbocycles. The molecule has 5 rings (SSSR count). The summed E-state index contributed by atoms with van der Waals surface area (Å²) in [5.41, 5.74) is 3.31. The zero-order chi connectivity index (χ0) is 29.5. The number of carbonyl (C=O) groups excluding carboxylic acids is 2. The van der Waals surface area contributed by atoms with Crippen LogP contribution in [0.3, 0.4) is 0 Å². The highest BCUT2D eigenvalue weighted by molar-refractivity contribution is 6.46. The number of ketones is 1. The van der Waals surface area contributed by atoms with Gasteiger partial charge in [-0.05, 0) is 78.6 Å². The van der Waals surface area contributed by atoms with E-state index in [4.69, 9.17) is 14.2 Å². The molecule has 7 heteroatoms. The molecule has 4 aromatic carbocycles. The van der Waals surface area contributed by atoms with E-state index in [1.54, 1.807) is 37.4 Å². The van der Waals surface area contributed by atoms with Gasteiger partial charge in [-0.25, -0.2) is 0 Å². The third-order valence-corrected chi connectivity index (χ3v) is 7.22. The van der Waals surface area contributed by atoms with E-state index >= 15 is 0 Å². The number of aliphatic hydroxyl groups excluding tert-OH is 1. The minimum absolute atomic E-state index is 0.0304. The first-order valence-corrected chi connectivity index (χ1v) is 13.8. The molecule has 1 heterocycles. The highest BCUT2D eigenvalue weighted by atomic mass is 16.5. The lowest BCUT2D eigenvalue weighted by atomic mass is 9.95. The molecule has 1 unspecified atom stereocenters. The summed E-state index contributed by atoms with van der Waals surface area (Å²) in [6.07, 6.45) is 0.535. The third kappa shape index (κ3) is 6.37. The van der Waals surface area contributed by atoms with Crippen molar-refractivity contribution in [3.05, 3.63) is 131 Å². The predicted molar refractivity (Wildman–Crippen MR) is 160 cm³/mol. The molecule has 0 aromatic heterocycles. The van der Waals surface area contributed by atoms with E-state index in [9.17, 15) is 14.7 Å². The van der Waals surface area contributed by atoms with Gasteiger partial charge in [0.25, 0.3) is 11.7 Å². The van der Waals surface area contributed by atoms with Gasteiger partial charge in [-0.3, -0.25) is 9.59 Å². The molecule has 214 valence electrons. The van der Waals surface area contributed by atoms with Crippen LogP contribution in [0.15, 0.2) is 109 Å². The van der Waals surface area contributed by atoms with Gasteiger partial charge in [-0.2, -0.15) is 0 Å². The lowest BCUT2D eigenvalue weighted by Crippen LogP contribution is -2.31. The Bertz CT molecular complexity index is 1580. The van der Waals surface area contributed by atoms with Crippen molar-refractivity contribution in [2.75, 3.05) is 20.3 Å². The number of Topliss-reactive ketones (excluding diaryl/α,β-unsaturated/α-hetero) is 1. The zero-order valence-electron chi connectivity index (χ0n) is 23.7. The van der Waals surface area contributed by atoms with Gasteiger partial charge in [0.2, 0.25) is 0 Å². The van der Waals surface area contributed by atoms with Crippen molar-refractivity contribution >= 4 is 17.4 Å². The summed E-state index contributed by atoms with van der Waals surface area (Å²) in [5.74, 6) is 0.198. The second-order valence-electron chi connectivity index (χ2n) is 10.1. The molecule has 1 atom stereocenters. The van der Waals surface area contributed by atoms with Crippen LogP contribution in [0, 0.1) is 6.92 Å². The second-order valence-corrected chi connectivity index (χ2v) is 10.1. The number of para-hydroxylation sites is 1. The highest BCUT2D eigenvalue weighted by Gasteiger charge is 2.45. The molecule has 42 heavy (non-hydrogen) atoms. The average Bonchev–Trinajstić information content (AvgIpc) is 3.26. The number of amides is 1. The summed E-state index contributed by atoms with van der Waals surface area (Å²) in [4.78, 5) is 28.1. The molecule has 0 saturated carbocycles. The molecule has 1 fully saturated rings. The Labute approximate surface area is 245 Å². The first-order valence-electron chi connectivity index (χ1n) is 13.8. The Balaban J connectivity index is 1.46. The number of hydrogen-bond donors (Lipinski definition) is 1. The van der Waals surface area contributed by atoms with E-state index in [1.165, 1.54) is 4.90 Å². The summed E-state index contributed by atoms with van der Waals surface area (Å²) in [6, 6.07) is 30.7. The molecule has 1 amide bonds. The van der Waals surface area contributed by atoms with Gasteiger partial charge in [0.1, 0.15) is 29.6 Å². The smallest absolute Gasteiger partial charge is 0.295 e. The van der Waals surface area contributed by atoms with E-state index in [2.05, 4.69) is 0 Å². The van der Waals surface area contributed by atoms with Crippen molar-refractivity contribution in [1.29, 1.82) is 0 Å². The maximum atomic E-state index is 13.4. The van der Waals surface area contributed by atoms with Crippen LogP contribution in [0.4, 0.5) is 0 Å². The maximum absolute atomic E-state index is 13.4. The first kappa shape index (κ1) is 28.6. The average molecular weight is 564 g/mol. The van der Waals surface area contributed by atoms with Crippen molar-refractivity contribution in [1.82, 2.24) is 4.90 Å². The summed E-state index contributed by atoms with van der Waals surface area (Å²) < 4.78 is 17.1. The number of methoxy groups -OCH3 is 1. The Morgan fingerprint density at radius 1 is 0.833 bits per heavy atom. The molecule has 1 saturated heterocycles. The van der Waals surface area contributed by atoms with Crippen LogP contribution >= 0.6 is 0 Å². The van der Waals surface area contributed by atoms with E-state index in [0.717, 1.165) is 11.1 Å². The number of rotatable bonds is 11. The predicted octanol–water partition coefficient (Wildman–Crippen LogP) is 6.82. The Morgan fingerprint density at radius 3 is 2.29 bits per heavy atom. The van der Waals surface area contributed by atoms with E-state index in [0.29, 0.717) is 48.0 Å². The summed E-state index contributed by atoms with van der Waals surface area (Å²) >= 11 is 0. The van der Waals surface area contributed by atoms with Crippen LogP contribution in [-0.4, -0.2) is 42.0 Å². The van der Waals surface area contributed by atoms with Gasteiger partial charge in [0, 0.05) is 25.8 Å². The number of aliphatic hydroxyl groups is 1. The lowest BCUT2D eigenvalue weighted by Gasteiger charge is -2.25. The topological polar surface area (TPSA) is 85.3 Å². The van der Waals surface area contributed by atoms with Crippen LogP contribution < -0.4 is 9.47 Å². The molecule has 0 radical (unpaired) electrons. The number of carbonyl (C=O) groups is 2. The van der Waals surface area contributed by atoms with Crippen LogP contribution in [-0.2, 0) is 20.9 Å². The molecule has 1 aliphatic rings. The standard InChI is InChI=1S/C35H33NO6/c1-24-10-6-7-11-27(24)23-41-28-18-16-25(17-19-28)33(37)31-32(36(20-9-21-40-2)35(39)34(31)38)26-12-8-15-30(22-26)42-29-13-4-3-5-14-29/h3-8,10-19,22,32,37H,9,20-21,23H2,1-2H3/b33-31+. The normalized spacial score (nSPS) is 16.0. The van der Waals surface area contributed by atoms with Gasteiger partial charge in [-0.15, -0.1) is 0 Å². The van der Waals surface area contributed by atoms with Gasteiger partial charge >= 0.3 is 0 Å². The van der Waals surface area contributed by atoms with Crippen LogP contribution in [0.2, 0.25) is 0 Å². The van der Waals surface area contributed by atoms with E-state index in [-0.39, 0.29) is 17.9 Å². The number of benzene rings is 4. The van der Waals surface area contributed by atoms with Crippen molar-refractivity contribution in [2.45, 2.75) is 26.0 Å². The third-order valence-electron chi connectivity index (χ3n) is 7.22. The molecular weight excluding hydrogens is 530 g/mol. The van der Waals surface area contributed by atoms with Gasteiger partial charge in [-0.1, -0.05) is 54.6 Å². The lowest BCUT2D eigenvalue weighted by molar-refractivity contribution is -0.140. The van der Waals surface area contributed by atoms with Crippen LogP contribution in [0.25, 0.3) is 5.76 Å². The Kier molecular flexibility index (Phi) is 8.99. The summed E-state index contributed by atoms with van der Waals surface area (Å²) in [7, 11) is 1.59. The van der Waals surface area contributed by atoms with Crippen LogP contribution in [0.1, 0.15) is 34.7 Å². The molecule has 4 aromatic rings. The fraction of sp³-hybridized carbons (Fsp3) is 0.200. The van der Waals surface area contributed by atoms with E-state index in [1.807, 2.05) is 79.7 Å². The minimum atomic E-state index is -0.793. The molecular formula is C35H33NO6. The SMILES string of the molecule is COCCCN1C(=O)C(=O)/C(=C(/O)c2ccc(OCc3ccccc3C)cc2)C1c1cccc(Oc2ccccc2)c1. The Hall–Kier alpha value is -4.88. The Morgan fingerprint density at radius 2 is 1.55 bits per heavy atom. The quantitative estimate of drug-likeness (QED) is 0.0933.